The van der Waals surface area contributed by atoms with Crippen LogP contribution in [0, 0.1) is 0 Å². The van der Waals surface area contributed by atoms with Gasteiger partial charge in [0.25, 0.3) is 0 Å². The average Bonchev–Trinajstić information content (AvgIpc) is 2.80. The molecule has 0 unspecified atom stereocenters. The summed E-state index contributed by atoms with van der Waals surface area (Å²) in [4.78, 5) is 0. The molecule has 1 fully saturated rings. The van der Waals surface area contributed by atoms with Crippen molar-refractivity contribution < 1.29 is 4.74 Å². The van der Waals surface area contributed by atoms with Gasteiger partial charge in [0.1, 0.15) is 5.75 Å². The van der Waals surface area contributed by atoms with Gasteiger partial charge in [-0.15, -0.1) is 0 Å². The van der Waals surface area contributed by atoms with E-state index in [4.69, 9.17) is 4.74 Å². The van der Waals surface area contributed by atoms with Crippen LogP contribution in [0.3, 0.4) is 0 Å². The molecule has 0 amide bonds. The summed E-state index contributed by atoms with van der Waals surface area (Å²) in [7, 11) is 0. The van der Waals surface area contributed by atoms with Gasteiger partial charge in [-0.05, 0) is 43.5 Å². The van der Waals surface area contributed by atoms with Crippen LogP contribution in [0.5, 0.6) is 5.75 Å². The minimum Gasteiger partial charge on any atom is -0.494 e. The third-order valence-corrected chi connectivity index (χ3v) is 2.79. The second-order valence-electron chi connectivity index (χ2n) is 4.07. The molecule has 2 heteroatoms. The fraction of sp³-hybridized carbons (Fsp3) is 0.538. The van der Waals surface area contributed by atoms with Crippen LogP contribution in [0.4, 0.5) is 0 Å². The van der Waals surface area contributed by atoms with Gasteiger partial charge in [0, 0.05) is 6.04 Å². The standard InChI is InChI=1S/C13H19NO/c1-2-9-15-12-6-3-5-11(10-12)13-7-4-8-14-13/h3,5-6,10,13-14H,2,4,7-9H2,1H3/t13-/m1/s1. The van der Waals surface area contributed by atoms with E-state index in [2.05, 4.69) is 30.4 Å². The van der Waals surface area contributed by atoms with Gasteiger partial charge >= 0.3 is 0 Å². The van der Waals surface area contributed by atoms with Gasteiger partial charge in [-0.2, -0.15) is 0 Å². The van der Waals surface area contributed by atoms with Crippen LogP contribution in [-0.2, 0) is 0 Å². The van der Waals surface area contributed by atoms with Crippen LogP contribution in [0.2, 0.25) is 0 Å². The molecule has 0 spiro atoms. The summed E-state index contributed by atoms with van der Waals surface area (Å²) < 4.78 is 5.63. The summed E-state index contributed by atoms with van der Waals surface area (Å²) >= 11 is 0. The number of rotatable bonds is 4. The summed E-state index contributed by atoms with van der Waals surface area (Å²) in [5.74, 6) is 1.00. The topological polar surface area (TPSA) is 21.3 Å². The van der Waals surface area contributed by atoms with Crippen molar-refractivity contribution in [3.05, 3.63) is 29.8 Å². The van der Waals surface area contributed by atoms with Crippen LogP contribution < -0.4 is 10.1 Å². The second-order valence-corrected chi connectivity index (χ2v) is 4.07. The SMILES string of the molecule is CCCOc1cccc([C@H]2CCCN2)c1. The fourth-order valence-electron chi connectivity index (χ4n) is 2.01. The van der Waals surface area contributed by atoms with Gasteiger partial charge in [0.15, 0.2) is 0 Å². The van der Waals surface area contributed by atoms with E-state index in [1.54, 1.807) is 0 Å². The van der Waals surface area contributed by atoms with Crippen molar-refractivity contribution >= 4 is 0 Å². The maximum absolute atomic E-state index is 5.63. The van der Waals surface area contributed by atoms with E-state index in [1.165, 1.54) is 18.4 Å². The minimum absolute atomic E-state index is 0.537. The van der Waals surface area contributed by atoms with E-state index in [-0.39, 0.29) is 0 Å². The monoisotopic (exact) mass is 205 g/mol. The van der Waals surface area contributed by atoms with Crippen LogP contribution in [0.1, 0.15) is 37.8 Å². The molecule has 1 heterocycles. The zero-order chi connectivity index (χ0) is 10.5. The Balaban J connectivity index is 2.04. The van der Waals surface area contributed by atoms with Gasteiger partial charge in [-0.1, -0.05) is 19.1 Å². The van der Waals surface area contributed by atoms with E-state index in [0.717, 1.165) is 25.3 Å². The lowest BCUT2D eigenvalue weighted by Gasteiger charge is -2.12. The largest absolute Gasteiger partial charge is 0.494 e. The summed E-state index contributed by atoms with van der Waals surface area (Å²) in [5, 5.41) is 3.50. The van der Waals surface area contributed by atoms with Gasteiger partial charge in [0.2, 0.25) is 0 Å². The highest BCUT2D eigenvalue weighted by Gasteiger charge is 2.16. The molecule has 1 aliphatic heterocycles. The van der Waals surface area contributed by atoms with E-state index >= 15 is 0 Å². The van der Waals surface area contributed by atoms with E-state index in [9.17, 15) is 0 Å². The third kappa shape index (κ3) is 2.72. The number of hydrogen-bond acceptors (Lipinski definition) is 2. The Morgan fingerprint density at radius 3 is 3.13 bits per heavy atom. The van der Waals surface area contributed by atoms with Gasteiger partial charge in [0.05, 0.1) is 6.61 Å². The Morgan fingerprint density at radius 1 is 1.47 bits per heavy atom. The Morgan fingerprint density at radius 2 is 2.40 bits per heavy atom. The second kappa shape index (κ2) is 5.17. The lowest BCUT2D eigenvalue weighted by molar-refractivity contribution is 0.317. The number of hydrogen-bond donors (Lipinski definition) is 1. The maximum Gasteiger partial charge on any atom is 0.119 e. The number of ether oxygens (including phenoxy) is 1. The van der Waals surface area contributed by atoms with Crippen LogP contribution in [0.15, 0.2) is 24.3 Å². The van der Waals surface area contributed by atoms with E-state index in [0.29, 0.717) is 6.04 Å². The Hall–Kier alpha value is -1.02. The van der Waals surface area contributed by atoms with Gasteiger partial charge in [-0.25, -0.2) is 0 Å². The highest BCUT2D eigenvalue weighted by atomic mass is 16.5. The summed E-state index contributed by atoms with van der Waals surface area (Å²) in [6.45, 7) is 4.08. The smallest absolute Gasteiger partial charge is 0.119 e. The van der Waals surface area contributed by atoms with Crippen molar-refractivity contribution in [2.45, 2.75) is 32.2 Å². The molecular weight excluding hydrogens is 186 g/mol. The first-order valence-corrected chi connectivity index (χ1v) is 5.86. The van der Waals surface area contributed by atoms with Gasteiger partial charge < -0.3 is 10.1 Å². The van der Waals surface area contributed by atoms with Crippen molar-refractivity contribution in [2.24, 2.45) is 0 Å². The first-order valence-electron chi connectivity index (χ1n) is 5.86. The first kappa shape index (κ1) is 10.5. The highest BCUT2D eigenvalue weighted by molar-refractivity contribution is 5.31. The zero-order valence-corrected chi connectivity index (χ0v) is 9.33. The predicted molar refractivity (Wildman–Crippen MR) is 62.2 cm³/mol. The molecule has 1 aromatic rings. The van der Waals surface area contributed by atoms with Crippen molar-refractivity contribution in [1.82, 2.24) is 5.32 Å². The van der Waals surface area contributed by atoms with Crippen LogP contribution in [0.25, 0.3) is 0 Å². The molecule has 0 saturated carbocycles. The van der Waals surface area contributed by atoms with Crippen molar-refractivity contribution in [3.8, 4) is 5.75 Å². The van der Waals surface area contributed by atoms with Crippen molar-refractivity contribution in [1.29, 1.82) is 0 Å². The van der Waals surface area contributed by atoms with Crippen LogP contribution >= 0.6 is 0 Å². The molecule has 2 nitrogen and oxygen atoms in total. The lowest BCUT2D eigenvalue weighted by atomic mass is 10.1. The molecule has 1 atom stereocenters. The molecule has 0 bridgehead atoms. The number of benzene rings is 1. The van der Waals surface area contributed by atoms with Gasteiger partial charge in [-0.3, -0.25) is 0 Å². The highest BCUT2D eigenvalue weighted by Crippen LogP contribution is 2.25. The summed E-state index contributed by atoms with van der Waals surface area (Å²) in [6, 6.07) is 9.00. The van der Waals surface area contributed by atoms with Crippen LogP contribution in [-0.4, -0.2) is 13.2 Å². The van der Waals surface area contributed by atoms with E-state index in [1.807, 2.05) is 6.07 Å². The molecule has 2 rings (SSSR count). The Kier molecular flexibility index (Phi) is 3.62. The zero-order valence-electron chi connectivity index (χ0n) is 9.33. The molecule has 0 radical (unpaired) electrons. The lowest BCUT2D eigenvalue weighted by Crippen LogP contribution is -2.12. The molecular formula is C13H19NO. The molecule has 1 aromatic carbocycles. The maximum atomic E-state index is 5.63. The molecule has 82 valence electrons. The number of nitrogens with one attached hydrogen (secondary N) is 1. The molecule has 15 heavy (non-hydrogen) atoms. The molecule has 0 aliphatic carbocycles. The first-order chi connectivity index (χ1) is 7.40. The van der Waals surface area contributed by atoms with Crippen molar-refractivity contribution in [3.63, 3.8) is 0 Å². The van der Waals surface area contributed by atoms with E-state index < -0.39 is 0 Å². The summed E-state index contributed by atoms with van der Waals surface area (Å²) in [5.41, 5.74) is 1.36. The molecule has 1 saturated heterocycles. The third-order valence-electron chi connectivity index (χ3n) is 2.79. The average molecular weight is 205 g/mol. The summed E-state index contributed by atoms with van der Waals surface area (Å²) in [6.07, 6.45) is 3.59. The molecule has 1 N–H and O–H groups in total. The fourth-order valence-corrected chi connectivity index (χ4v) is 2.01. The normalized spacial score (nSPS) is 20.5. The van der Waals surface area contributed by atoms with Crippen molar-refractivity contribution in [2.75, 3.05) is 13.2 Å². The quantitative estimate of drug-likeness (QED) is 0.816. The Labute approximate surface area is 91.6 Å². The predicted octanol–water partition coefficient (Wildman–Crippen LogP) is 2.90. The minimum atomic E-state index is 0.537. The molecule has 1 aliphatic rings. The Bertz CT molecular complexity index is 305. The molecule has 0 aromatic heterocycles.